The third kappa shape index (κ3) is 5.02. The van der Waals surface area contributed by atoms with E-state index < -0.39 is 10.0 Å². The number of amides is 1. The van der Waals surface area contributed by atoms with Gasteiger partial charge in [-0.2, -0.15) is 0 Å². The van der Waals surface area contributed by atoms with Gasteiger partial charge in [0.15, 0.2) is 0 Å². The molecule has 40 heavy (non-hydrogen) atoms. The second-order valence-corrected chi connectivity index (χ2v) is 12.4. The van der Waals surface area contributed by atoms with Gasteiger partial charge in [0.25, 0.3) is 21.5 Å². The van der Waals surface area contributed by atoms with Gasteiger partial charge >= 0.3 is 0 Å². The first-order valence-electron chi connectivity index (χ1n) is 12.7. The zero-order chi connectivity index (χ0) is 28.8. The summed E-state index contributed by atoms with van der Waals surface area (Å²) in [5.41, 5.74) is 2.47. The third-order valence-corrected chi connectivity index (χ3v) is 9.34. The Kier molecular flexibility index (Phi) is 7.28. The number of carbonyl (C=O) groups is 1. The van der Waals surface area contributed by atoms with E-state index in [-0.39, 0.29) is 23.8 Å². The van der Waals surface area contributed by atoms with Crippen molar-refractivity contribution in [3.63, 3.8) is 0 Å². The smallest absolute Gasteiger partial charge is 0.268 e. The SMILES string of the molecule is CCNC(=O)c1cc2c(-c3cc(N4CCC=CS4(=O)=O)ccc3Oc3c(C)cc(F)cc3C)cn(C)c(=O)c2s1. The second kappa shape index (κ2) is 10.5. The highest BCUT2D eigenvalue weighted by molar-refractivity contribution is 7.95. The van der Waals surface area contributed by atoms with Crippen LogP contribution in [-0.4, -0.2) is 32.0 Å². The van der Waals surface area contributed by atoms with E-state index in [1.54, 1.807) is 57.4 Å². The number of rotatable bonds is 6. The van der Waals surface area contributed by atoms with Gasteiger partial charge in [-0.3, -0.25) is 13.9 Å². The highest BCUT2D eigenvalue weighted by Gasteiger charge is 2.25. The first-order valence-corrected chi connectivity index (χ1v) is 15.0. The number of ether oxygens (including phenoxy) is 1. The Morgan fingerprint density at radius 3 is 2.52 bits per heavy atom. The fourth-order valence-corrected chi connectivity index (χ4v) is 7.17. The van der Waals surface area contributed by atoms with Crippen molar-refractivity contribution in [2.24, 2.45) is 7.05 Å². The molecule has 2 aromatic heterocycles. The molecule has 0 aliphatic carbocycles. The van der Waals surface area contributed by atoms with Crippen molar-refractivity contribution < 1.29 is 22.3 Å². The molecule has 1 amide bonds. The lowest BCUT2D eigenvalue weighted by atomic mass is 10.0. The normalized spacial score (nSPS) is 14.5. The molecule has 4 aromatic rings. The van der Waals surface area contributed by atoms with Crippen LogP contribution in [0.25, 0.3) is 21.2 Å². The molecule has 1 aliphatic rings. The Labute approximate surface area is 235 Å². The molecule has 0 atom stereocenters. The lowest BCUT2D eigenvalue weighted by Gasteiger charge is -2.26. The van der Waals surface area contributed by atoms with E-state index in [4.69, 9.17) is 4.74 Å². The van der Waals surface area contributed by atoms with E-state index >= 15 is 0 Å². The number of sulfonamides is 1. The summed E-state index contributed by atoms with van der Waals surface area (Å²) < 4.78 is 49.3. The first-order chi connectivity index (χ1) is 19.0. The maximum absolute atomic E-state index is 14.0. The topological polar surface area (TPSA) is 97.7 Å². The molecule has 0 spiro atoms. The monoisotopic (exact) mass is 581 g/mol. The standard InChI is InChI=1S/C29H28FN3O5S2/c1-5-31-28(34)25-15-22-23(16-32(4)29(35)27(22)39-25)21-14-20(33-10-6-7-11-40(33,36)37)8-9-24(21)38-26-17(2)12-19(30)13-18(26)3/h7-9,11-16H,5-6,10H2,1-4H3,(H,31,34). The van der Waals surface area contributed by atoms with Gasteiger partial charge in [-0.15, -0.1) is 11.3 Å². The maximum Gasteiger partial charge on any atom is 0.268 e. The Hall–Kier alpha value is -3.96. The summed E-state index contributed by atoms with van der Waals surface area (Å²) in [5.74, 6) is 0.193. The summed E-state index contributed by atoms with van der Waals surface area (Å²) in [6.45, 7) is 6.01. The lowest BCUT2D eigenvalue weighted by Crippen LogP contribution is -2.32. The van der Waals surface area contributed by atoms with Gasteiger partial charge in [-0.1, -0.05) is 6.08 Å². The maximum atomic E-state index is 14.0. The summed E-state index contributed by atoms with van der Waals surface area (Å²) in [4.78, 5) is 26.1. The Balaban J connectivity index is 1.77. The lowest BCUT2D eigenvalue weighted by molar-refractivity contribution is 0.0960. The fraction of sp³-hybridized carbons (Fsp3) is 0.241. The zero-order valence-electron chi connectivity index (χ0n) is 22.4. The molecule has 11 heteroatoms. The summed E-state index contributed by atoms with van der Waals surface area (Å²) in [6.07, 6.45) is 3.83. The van der Waals surface area contributed by atoms with Crippen LogP contribution in [0, 0.1) is 19.7 Å². The van der Waals surface area contributed by atoms with Crippen LogP contribution < -0.4 is 19.9 Å². The van der Waals surface area contributed by atoms with Crippen molar-refractivity contribution in [1.29, 1.82) is 0 Å². The van der Waals surface area contributed by atoms with Crippen LogP contribution in [0.5, 0.6) is 11.5 Å². The van der Waals surface area contributed by atoms with E-state index in [9.17, 15) is 22.4 Å². The molecule has 0 unspecified atom stereocenters. The quantitative estimate of drug-likeness (QED) is 0.319. The first kappa shape index (κ1) is 27.6. The van der Waals surface area contributed by atoms with E-state index in [1.807, 2.05) is 6.92 Å². The minimum Gasteiger partial charge on any atom is -0.456 e. The predicted molar refractivity (Wildman–Crippen MR) is 156 cm³/mol. The van der Waals surface area contributed by atoms with Gasteiger partial charge in [-0.25, -0.2) is 12.8 Å². The highest BCUT2D eigenvalue weighted by atomic mass is 32.2. The number of aromatic nitrogens is 1. The number of anilines is 1. The zero-order valence-corrected chi connectivity index (χ0v) is 24.1. The Morgan fingerprint density at radius 1 is 1.12 bits per heavy atom. The van der Waals surface area contributed by atoms with E-state index in [0.29, 0.717) is 67.4 Å². The molecule has 0 saturated carbocycles. The van der Waals surface area contributed by atoms with Crippen LogP contribution in [0.1, 0.15) is 34.1 Å². The number of benzene rings is 2. The molecule has 0 bridgehead atoms. The number of halogens is 1. The van der Waals surface area contributed by atoms with Crippen molar-refractivity contribution in [2.75, 3.05) is 17.4 Å². The number of nitrogens with one attached hydrogen (secondary N) is 1. The molecule has 5 rings (SSSR count). The number of nitrogens with zero attached hydrogens (tertiary/aromatic N) is 2. The van der Waals surface area contributed by atoms with Gasteiger partial charge < -0.3 is 14.6 Å². The van der Waals surface area contributed by atoms with E-state index in [0.717, 1.165) is 11.3 Å². The van der Waals surface area contributed by atoms with Crippen LogP contribution in [0.15, 0.2) is 58.9 Å². The molecule has 0 fully saturated rings. The Bertz CT molecular complexity index is 1830. The van der Waals surface area contributed by atoms with Crippen LogP contribution in [0.4, 0.5) is 10.1 Å². The van der Waals surface area contributed by atoms with E-state index in [2.05, 4.69) is 5.32 Å². The van der Waals surface area contributed by atoms with Crippen molar-refractivity contribution in [3.05, 3.63) is 86.3 Å². The average molecular weight is 582 g/mol. The molecule has 1 aliphatic heterocycles. The molecule has 0 radical (unpaired) electrons. The number of fused-ring (bicyclic) bond motifs is 1. The van der Waals surface area contributed by atoms with Gasteiger partial charge in [0.1, 0.15) is 22.0 Å². The van der Waals surface area contributed by atoms with Crippen LogP contribution >= 0.6 is 11.3 Å². The summed E-state index contributed by atoms with van der Waals surface area (Å²) in [5, 5.41) is 4.50. The number of thiophene rings is 1. The molecule has 0 saturated heterocycles. The molecular weight excluding hydrogens is 553 g/mol. The van der Waals surface area contributed by atoms with Crippen molar-refractivity contribution in [1.82, 2.24) is 9.88 Å². The second-order valence-electron chi connectivity index (χ2n) is 9.60. The van der Waals surface area contributed by atoms with Gasteiger partial charge in [0, 0.05) is 48.3 Å². The Morgan fingerprint density at radius 2 is 1.85 bits per heavy atom. The largest absolute Gasteiger partial charge is 0.456 e. The summed E-state index contributed by atoms with van der Waals surface area (Å²) >= 11 is 1.10. The molecular formula is C29H28FN3O5S2. The minimum absolute atomic E-state index is 0.258. The number of hydrogen-bond acceptors (Lipinski definition) is 6. The highest BCUT2D eigenvalue weighted by Crippen LogP contribution is 2.42. The number of carbonyl (C=O) groups excluding carboxylic acids is 1. The number of pyridine rings is 1. The summed E-state index contributed by atoms with van der Waals surface area (Å²) in [7, 11) is -2.05. The molecule has 2 aromatic carbocycles. The average Bonchev–Trinajstić information content (AvgIpc) is 3.34. The van der Waals surface area contributed by atoms with Crippen LogP contribution in [-0.2, 0) is 17.1 Å². The van der Waals surface area contributed by atoms with Crippen molar-refractivity contribution in [2.45, 2.75) is 27.2 Å². The van der Waals surface area contributed by atoms with Crippen molar-refractivity contribution in [3.8, 4) is 22.6 Å². The van der Waals surface area contributed by atoms with Crippen LogP contribution in [0.2, 0.25) is 0 Å². The number of hydrogen-bond donors (Lipinski definition) is 1. The summed E-state index contributed by atoms with van der Waals surface area (Å²) in [6, 6.07) is 9.48. The van der Waals surface area contributed by atoms with Crippen LogP contribution in [0.3, 0.4) is 0 Å². The molecule has 208 valence electrons. The molecule has 3 heterocycles. The fourth-order valence-electron chi connectivity index (χ4n) is 4.81. The molecule has 8 nitrogen and oxygen atoms in total. The van der Waals surface area contributed by atoms with E-state index in [1.165, 1.54) is 26.4 Å². The van der Waals surface area contributed by atoms with Gasteiger partial charge in [-0.05, 0) is 74.7 Å². The van der Waals surface area contributed by atoms with Gasteiger partial charge in [0.2, 0.25) is 0 Å². The van der Waals surface area contributed by atoms with Gasteiger partial charge in [0.05, 0.1) is 10.6 Å². The molecule has 1 N–H and O–H groups in total. The predicted octanol–water partition coefficient (Wildman–Crippen LogP) is 5.62. The van der Waals surface area contributed by atoms with Crippen molar-refractivity contribution >= 4 is 43.0 Å². The minimum atomic E-state index is -3.67. The third-order valence-electron chi connectivity index (χ3n) is 6.67. The number of aryl methyl sites for hydroxylation is 3.